The number of hydrogen-bond acceptors (Lipinski definition) is 2. The molecule has 0 radical (unpaired) electrons. The zero-order chi connectivity index (χ0) is 13.4. The van der Waals surface area contributed by atoms with Crippen molar-refractivity contribution in [2.45, 2.75) is 33.1 Å². The first kappa shape index (κ1) is 15.2. The quantitative estimate of drug-likeness (QED) is 0.766. The molecule has 18 heavy (non-hydrogen) atoms. The number of likely N-dealkylation sites (N-methyl/N-ethyl adjacent to an activating group) is 1. The minimum absolute atomic E-state index is 0.264. The fraction of sp³-hybridized carbons (Fsp3) is 0.625. The van der Waals surface area contributed by atoms with Crippen LogP contribution in [0.2, 0.25) is 0 Å². The monoisotopic (exact) mass is 248 g/mol. The van der Waals surface area contributed by atoms with Crippen LogP contribution in [0, 0.1) is 5.41 Å². The number of hydrogen-bond donors (Lipinski definition) is 1. The van der Waals surface area contributed by atoms with Gasteiger partial charge in [0, 0.05) is 13.1 Å². The zero-order valence-corrected chi connectivity index (χ0v) is 12.2. The van der Waals surface area contributed by atoms with Gasteiger partial charge in [-0.05, 0) is 37.4 Å². The SMILES string of the molecule is CCCC(C)(CN)CN(C)CCc1ccccc1. The lowest BCUT2D eigenvalue weighted by Crippen LogP contribution is -2.39. The Hall–Kier alpha value is -0.860. The van der Waals surface area contributed by atoms with Gasteiger partial charge < -0.3 is 10.6 Å². The Kier molecular flexibility index (Phi) is 6.37. The molecule has 0 aromatic heterocycles. The Balaban J connectivity index is 2.39. The Morgan fingerprint density at radius 2 is 1.89 bits per heavy atom. The maximum absolute atomic E-state index is 5.92. The standard InChI is InChI=1S/C16H28N2/c1-4-11-16(2,13-17)14-18(3)12-10-15-8-6-5-7-9-15/h5-9H,4,10-14,17H2,1-3H3. The highest BCUT2D eigenvalue weighted by Crippen LogP contribution is 2.22. The third-order valence-corrected chi connectivity index (χ3v) is 3.62. The summed E-state index contributed by atoms with van der Waals surface area (Å²) in [5, 5.41) is 0. The van der Waals surface area contributed by atoms with E-state index < -0.39 is 0 Å². The minimum atomic E-state index is 0.264. The molecule has 102 valence electrons. The average molecular weight is 248 g/mol. The van der Waals surface area contributed by atoms with Crippen LogP contribution in [0.4, 0.5) is 0 Å². The maximum Gasteiger partial charge on any atom is 0.00445 e. The summed E-state index contributed by atoms with van der Waals surface area (Å²) in [7, 11) is 2.20. The molecule has 1 aromatic rings. The normalized spacial score (nSPS) is 14.7. The van der Waals surface area contributed by atoms with Crippen LogP contribution in [0.3, 0.4) is 0 Å². The molecular weight excluding hydrogens is 220 g/mol. The largest absolute Gasteiger partial charge is 0.330 e. The molecule has 0 aliphatic rings. The Morgan fingerprint density at radius 3 is 2.44 bits per heavy atom. The lowest BCUT2D eigenvalue weighted by Gasteiger charge is -2.32. The van der Waals surface area contributed by atoms with Gasteiger partial charge in [-0.25, -0.2) is 0 Å². The molecule has 0 spiro atoms. The predicted molar refractivity (Wildman–Crippen MR) is 79.7 cm³/mol. The number of rotatable bonds is 8. The summed E-state index contributed by atoms with van der Waals surface area (Å²) < 4.78 is 0. The van der Waals surface area contributed by atoms with Crippen molar-refractivity contribution in [1.29, 1.82) is 0 Å². The average Bonchev–Trinajstić information content (AvgIpc) is 2.38. The van der Waals surface area contributed by atoms with Crippen molar-refractivity contribution in [2.75, 3.05) is 26.7 Å². The molecule has 1 rings (SSSR count). The maximum atomic E-state index is 5.92. The number of nitrogens with zero attached hydrogens (tertiary/aromatic N) is 1. The fourth-order valence-corrected chi connectivity index (χ4v) is 2.54. The van der Waals surface area contributed by atoms with Crippen LogP contribution in [0.15, 0.2) is 30.3 Å². The summed E-state index contributed by atoms with van der Waals surface area (Å²) in [4.78, 5) is 2.41. The minimum Gasteiger partial charge on any atom is -0.330 e. The highest BCUT2D eigenvalue weighted by atomic mass is 15.1. The van der Waals surface area contributed by atoms with E-state index in [1.807, 2.05) is 0 Å². The molecule has 2 heteroatoms. The summed E-state index contributed by atoms with van der Waals surface area (Å²) in [5.74, 6) is 0. The van der Waals surface area contributed by atoms with Gasteiger partial charge in [0.1, 0.15) is 0 Å². The molecule has 0 amide bonds. The summed E-state index contributed by atoms with van der Waals surface area (Å²) in [5.41, 5.74) is 7.60. The molecule has 0 saturated carbocycles. The third kappa shape index (κ3) is 5.19. The van der Waals surface area contributed by atoms with Gasteiger partial charge in [0.2, 0.25) is 0 Å². The van der Waals surface area contributed by atoms with E-state index in [0.29, 0.717) is 0 Å². The highest BCUT2D eigenvalue weighted by molar-refractivity contribution is 5.14. The molecule has 0 bridgehead atoms. The van der Waals surface area contributed by atoms with Crippen molar-refractivity contribution in [3.63, 3.8) is 0 Å². The van der Waals surface area contributed by atoms with Crippen LogP contribution in [-0.4, -0.2) is 31.6 Å². The molecule has 2 nitrogen and oxygen atoms in total. The van der Waals surface area contributed by atoms with Crippen molar-refractivity contribution in [3.8, 4) is 0 Å². The Morgan fingerprint density at radius 1 is 1.22 bits per heavy atom. The molecule has 0 aliphatic heterocycles. The van der Waals surface area contributed by atoms with Crippen LogP contribution in [-0.2, 0) is 6.42 Å². The van der Waals surface area contributed by atoms with Gasteiger partial charge in [0.15, 0.2) is 0 Å². The lowest BCUT2D eigenvalue weighted by atomic mass is 9.85. The van der Waals surface area contributed by atoms with Crippen LogP contribution in [0.5, 0.6) is 0 Å². The second-order valence-electron chi connectivity index (χ2n) is 5.74. The first-order valence-corrected chi connectivity index (χ1v) is 7.02. The van der Waals surface area contributed by atoms with Gasteiger partial charge in [-0.3, -0.25) is 0 Å². The first-order valence-electron chi connectivity index (χ1n) is 7.02. The second-order valence-corrected chi connectivity index (χ2v) is 5.74. The molecule has 0 heterocycles. The van der Waals surface area contributed by atoms with Crippen molar-refractivity contribution in [1.82, 2.24) is 4.90 Å². The van der Waals surface area contributed by atoms with Gasteiger partial charge in [0.05, 0.1) is 0 Å². The smallest absolute Gasteiger partial charge is 0.00445 e. The van der Waals surface area contributed by atoms with E-state index in [9.17, 15) is 0 Å². The van der Waals surface area contributed by atoms with Gasteiger partial charge in [0.25, 0.3) is 0 Å². The predicted octanol–water partition coefficient (Wildman–Crippen LogP) is 2.93. The molecule has 2 N–H and O–H groups in total. The lowest BCUT2D eigenvalue weighted by molar-refractivity contribution is 0.186. The van der Waals surface area contributed by atoms with E-state index in [1.165, 1.54) is 18.4 Å². The summed E-state index contributed by atoms with van der Waals surface area (Å²) >= 11 is 0. The van der Waals surface area contributed by atoms with Gasteiger partial charge in [-0.15, -0.1) is 0 Å². The van der Waals surface area contributed by atoms with Crippen LogP contribution in [0.25, 0.3) is 0 Å². The van der Waals surface area contributed by atoms with Crippen LogP contribution >= 0.6 is 0 Å². The van der Waals surface area contributed by atoms with E-state index in [1.54, 1.807) is 0 Å². The first-order chi connectivity index (χ1) is 8.59. The van der Waals surface area contributed by atoms with Gasteiger partial charge in [-0.1, -0.05) is 50.6 Å². The van der Waals surface area contributed by atoms with Crippen LogP contribution in [0.1, 0.15) is 32.3 Å². The van der Waals surface area contributed by atoms with Gasteiger partial charge in [-0.2, -0.15) is 0 Å². The topological polar surface area (TPSA) is 29.3 Å². The fourth-order valence-electron chi connectivity index (χ4n) is 2.54. The van der Waals surface area contributed by atoms with Crippen molar-refractivity contribution < 1.29 is 0 Å². The molecule has 0 saturated heterocycles. The Labute approximate surface area is 112 Å². The van der Waals surface area contributed by atoms with E-state index >= 15 is 0 Å². The third-order valence-electron chi connectivity index (χ3n) is 3.62. The summed E-state index contributed by atoms with van der Waals surface area (Å²) in [6.07, 6.45) is 3.53. The van der Waals surface area contributed by atoms with Crippen molar-refractivity contribution >= 4 is 0 Å². The summed E-state index contributed by atoms with van der Waals surface area (Å²) in [6.45, 7) is 7.50. The molecule has 0 fully saturated rings. The molecular formula is C16H28N2. The molecule has 1 aromatic carbocycles. The molecule has 1 atom stereocenters. The number of benzene rings is 1. The van der Waals surface area contributed by atoms with E-state index in [4.69, 9.17) is 5.73 Å². The van der Waals surface area contributed by atoms with E-state index in [-0.39, 0.29) is 5.41 Å². The van der Waals surface area contributed by atoms with E-state index in [0.717, 1.165) is 26.1 Å². The van der Waals surface area contributed by atoms with Crippen molar-refractivity contribution in [2.24, 2.45) is 11.1 Å². The highest BCUT2D eigenvalue weighted by Gasteiger charge is 2.23. The van der Waals surface area contributed by atoms with Crippen LogP contribution < -0.4 is 5.73 Å². The zero-order valence-electron chi connectivity index (χ0n) is 12.2. The van der Waals surface area contributed by atoms with Crippen molar-refractivity contribution in [3.05, 3.63) is 35.9 Å². The second kappa shape index (κ2) is 7.55. The molecule has 0 aliphatic carbocycles. The number of nitrogens with two attached hydrogens (primary N) is 1. The molecule has 1 unspecified atom stereocenters. The van der Waals surface area contributed by atoms with E-state index in [2.05, 4.69) is 56.1 Å². The van der Waals surface area contributed by atoms with Gasteiger partial charge >= 0.3 is 0 Å². The summed E-state index contributed by atoms with van der Waals surface area (Å²) in [6, 6.07) is 10.7. The Bertz CT molecular complexity index is 323.